The summed E-state index contributed by atoms with van der Waals surface area (Å²) in [5.41, 5.74) is 1.57. The topological polar surface area (TPSA) is 116 Å². The van der Waals surface area contributed by atoms with Crippen LogP contribution in [-0.2, 0) is 11.2 Å². The van der Waals surface area contributed by atoms with Crippen LogP contribution in [0.1, 0.15) is 32.3 Å². The van der Waals surface area contributed by atoms with Crippen molar-refractivity contribution in [2.24, 2.45) is 10.3 Å². The molecule has 2 N–H and O–H groups in total. The van der Waals surface area contributed by atoms with Crippen molar-refractivity contribution in [1.29, 1.82) is 0 Å². The van der Waals surface area contributed by atoms with E-state index >= 15 is 0 Å². The number of carbonyl (C=O) groups is 1. The smallest absolute Gasteiger partial charge is 0.220 e. The Balaban J connectivity index is 1.83. The second-order valence-electron chi connectivity index (χ2n) is 8.02. The van der Waals surface area contributed by atoms with E-state index in [2.05, 4.69) is 10.3 Å². The van der Waals surface area contributed by atoms with Crippen LogP contribution in [-0.4, -0.2) is 66.3 Å². The largest absolute Gasteiger partial charge is 0.494 e. The fourth-order valence-electron chi connectivity index (χ4n) is 4.09. The number of oxime groups is 2. The second kappa shape index (κ2) is 12.0. The summed E-state index contributed by atoms with van der Waals surface area (Å²) < 4.78 is 16.3. The second-order valence-corrected chi connectivity index (χ2v) is 8.02. The van der Waals surface area contributed by atoms with Gasteiger partial charge in [-0.25, -0.2) is 0 Å². The van der Waals surface area contributed by atoms with Crippen molar-refractivity contribution in [3.8, 4) is 17.2 Å². The first-order valence-electron chi connectivity index (χ1n) is 11.4. The Morgan fingerprint density at radius 1 is 1.09 bits per heavy atom. The van der Waals surface area contributed by atoms with Gasteiger partial charge < -0.3 is 29.5 Å². The average Bonchev–Trinajstić information content (AvgIpc) is 3.25. The molecule has 0 bridgehead atoms. The molecule has 0 spiro atoms. The number of hydrogen-bond donors (Lipinski definition) is 2. The maximum absolute atomic E-state index is 12.6. The fourth-order valence-corrected chi connectivity index (χ4v) is 4.09. The predicted molar refractivity (Wildman–Crippen MR) is 132 cm³/mol. The Hall–Kier alpha value is -3.95. The van der Waals surface area contributed by atoms with Gasteiger partial charge in [0.15, 0.2) is 23.2 Å². The Morgan fingerprint density at radius 2 is 1.80 bits per heavy atom. The number of nitrogens with zero attached hydrogens (tertiary/aromatic N) is 4. The molecule has 3 rings (SSSR count). The van der Waals surface area contributed by atoms with E-state index in [-0.39, 0.29) is 24.0 Å². The Labute approximate surface area is 205 Å². The van der Waals surface area contributed by atoms with Crippen LogP contribution in [0.3, 0.4) is 0 Å². The third-order valence-corrected chi connectivity index (χ3v) is 5.82. The molecule has 1 amide bonds. The molecule has 188 valence electrons. The number of methoxy groups -OCH3 is 2. The number of amides is 1. The average molecular weight is 485 g/mol. The molecule has 10 nitrogen and oxygen atoms in total. The molecular weight excluding hydrogens is 452 g/mol. The van der Waals surface area contributed by atoms with E-state index in [1.165, 1.54) is 6.92 Å². The Morgan fingerprint density at radius 3 is 2.37 bits per heavy atom. The van der Waals surface area contributed by atoms with Gasteiger partial charge in [-0.1, -0.05) is 23.3 Å². The first-order chi connectivity index (χ1) is 17.0. The number of carbonyl (C=O) groups excluding carboxylic acids is 1. The number of amidine groups is 2. The van der Waals surface area contributed by atoms with Crippen molar-refractivity contribution >= 4 is 23.3 Å². The molecule has 0 aromatic heterocycles. The van der Waals surface area contributed by atoms with Crippen LogP contribution in [0.15, 0.2) is 52.8 Å². The lowest BCUT2D eigenvalue weighted by Crippen LogP contribution is -2.45. The minimum Gasteiger partial charge on any atom is -0.494 e. The van der Waals surface area contributed by atoms with Crippen molar-refractivity contribution < 1.29 is 29.4 Å². The summed E-state index contributed by atoms with van der Waals surface area (Å²) in [6, 6.07) is 12.1. The first kappa shape index (κ1) is 25.7. The van der Waals surface area contributed by atoms with Crippen molar-refractivity contribution in [3.63, 3.8) is 0 Å². The number of rotatable bonds is 10. The highest BCUT2D eigenvalue weighted by atomic mass is 16.5. The fraction of sp³-hybridized carbons (Fsp3) is 0.400. The summed E-state index contributed by atoms with van der Waals surface area (Å²) in [5.74, 6) is 2.20. The summed E-state index contributed by atoms with van der Waals surface area (Å²) in [6.07, 6.45) is 1.61. The minimum absolute atomic E-state index is 0.190. The molecule has 35 heavy (non-hydrogen) atoms. The molecule has 2 aromatic carbocycles. The van der Waals surface area contributed by atoms with Crippen molar-refractivity contribution in [2.75, 3.05) is 32.3 Å². The van der Waals surface area contributed by atoms with Gasteiger partial charge in [0.2, 0.25) is 5.91 Å². The van der Waals surface area contributed by atoms with E-state index in [4.69, 9.17) is 14.2 Å². The van der Waals surface area contributed by atoms with Gasteiger partial charge in [-0.2, -0.15) is 0 Å². The van der Waals surface area contributed by atoms with Gasteiger partial charge in [0, 0.05) is 25.6 Å². The molecule has 1 saturated heterocycles. The quantitative estimate of drug-likeness (QED) is 0.390. The summed E-state index contributed by atoms with van der Waals surface area (Å²) in [7, 11) is 3.14. The van der Waals surface area contributed by atoms with Crippen LogP contribution in [0, 0.1) is 0 Å². The Kier molecular flexibility index (Phi) is 8.77. The number of benzene rings is 2. The van der Waals surface area contributed by atoms with E-state index in [1.54, 1.807) is 48.3 Å². The number of anilines is 1. The van der Waals surface area contributed by atoms with Crippen molar-refractivity contribution in [3.05, 3.63) is 48.0 Å². The summed E-state index contributed by atoms with van der Waals surface area (Å²) in [5, 5.41) is 26.5. The molecule has 0 saturated carbocycles. The third-order valence-electron chi connectivity index (χ3n) is 5.82. The highest BCUT2D eigenvalue weighted by molar-refractivity contribution is 6.26. The normalized spacial score (nSPS) is 17.6. The Bertz CT molecular complexity index is 1070. The zero-order valence-corrected chi connectivity index (χ0v) is 20.5. The van der Waals surface area contributed by atoms with Gasteiger partial charge in [0.25, 0.3) is 0 Å². The maximum Gasteiger partial charge on any atom is 0.220 e. The zero-order valence-electron chi connectivity index (χ0n) is 20.5. The molecule has 1 atom stereocenters. The molecular formula is C25H32N4O6. The number of hydrogen-bond acceptors (Lipinski definition) is 8. The monoisotopic (exact) mass is 484 g/mol. The molecule has 1 fully saturated rings. The molecule has 1 aliphatic heterocycles. The van der Waals surface area contributed by atoms with Crippen LogP contribution >= 0.6 is 0 Å². The van der Waals surface area contributed by atoms with E-state index in [1.807, 2.05) is 25.1 Å². The third kappa shape index (κ3) is 5.76. The molecule has 0 aliphatic carbocycles. The van der Waals surface area contributed by atoms with Crippen LogP contribution in [0.5, 0.6) is 17.2 Å². The van der Waals surface area contributed by atoms with E-state index in [0.29, 0.717) is 42.5 Å². The van der Waals surface area contributed by atoms with Crippen LogP contribution in [0.2, 0.25) is 0 Å². The van der Waals surface area contributed by atoms with Gasteiger partial charge in [-0.05, 0) is 54.8 Å². The van der Waals surface area contributed by atoms with Gasteiger partial charge in [-0.15, -0.1) is 0 Å². The van der Waals surface area contributed by atoms with E-state index in [0.717, 1.165) is 12.0 Å². The summed E-state index contributed by atoms with van der Waals surface area (Å²) >= 11 is 0. The van der Waals surface area contributed by atoms with Gasteiger partial charge in [0.05, 0.1) is 20.8 Å². The minimum atomic E-state index is -0.612. The number of ether oxygens (including phenoxy) is 3. The highest BCUT2D eigenvalue weighted by Gasteiger charge is 2.41. The van der Waals surface area contributed by atoms with Gasteiger partial charge in [0.1, 0.15) is 11.8 Å². The predicted octanol–water partition coefficient (Wildman–Crippen LogP) is 3.74. The van der Waals surface area contributed by atoms with E-state index in [9.17, 15) is 15.2 Å². The molecule has 0 radical (unpaired) electrons. The molecule has 1 aliphatic rings. The highest BCUT2D eigenvalue weighted by Crippen LogP contribution is 2.30. The van der Waals surface area contributed by atoms with Gasteiger partial charge >= 0.3 is 0 Å². The van der Waals surface area contributed by atoms with Crippen LogP contribution in [0.25, 0.3) is 0 Å². The molecule has 1 heterocycles. The standard InChI is InChI=1S/C25H32N4O6/c1-5-14-35-20-9-7-19(8-10-20)29-24(26-31)16-21(25(29)27-32)28(17(2)30)13-12-18-6-11-22(33-3)23(15-18)34-4/h6-11,15,21,31-32H,5,12-14,16H2,1-4H3/b26-24+,27-25+. The summed E-state index contributed by atoms with van der Waals surface area (Å²) in [6.45, 7) is 4.44. The zero-order chi connectivity index (χ0) is 25.4. The molecule has 1 unspecified atom stereocenters. The maximum atomic E-state index is 12.6. The lowest BCUT2D eigenvalue weighted by Gasteiger charge is -2.28. The molecule has 2 aromatic rings. The summed E-state index contributed by atoms with van der Waals surface area (Å²) in [4.78, 5) is 15.8. The van der Waals surface area contributed by atoms with Crippen LogP contribution < -0.4 is 19.1 Å². The lowest BCUT2D eigenvalue weighted by atomic mass is 10.1. The van der Waals surface area contributed by atoms with Gasteiger partial charge in [-0.3, -0.25) is 9.69 Å². The molecule has 10 heteroatoms. The van der Waals surface area contributed by atoms with E-state index < -0.39 is 6.04 Å². The SMILES string of the molecule is CCCOc1ccc(N2/C(=N/O)CC(N(CCc3ccc(OC)c(OC)c3)C(C)=O)/C2=N\O)cc1. The van der Waals surface area contributed by atoms with Crippen molar-refractivity contribution in [1.82, 2.24) is 4.90 Å². The van der Waals surface area contributed by atoms with Crippen LogP contribution in [0.4, 0.5) is 5.69 Å². The lowest BCUT2D eigenvalue weighted by molar-refractivity contribution is -0.129. The van der Waals surface area contributed by atoms with Crippen molar-refractivity contribution in [2.45, 2.75) is 39.2 Å². The first-order valence-corrected chi connectivity index (χ1v) is 11.4.